The van der Waals surface area contributed by atoms with Gasteiger partial charge in [0.15, 0.2) is 0 Å². The second-order valence-corrected chi connectivity index (χ2v) is 16.4. The molecule has 0 N–H and O–H groups in total. The molecule has 2 fully saturated rings. The van der Waals surface area contributed by atoms with Gasteiger partial charge >= 0.3 is 6.09 Å². The number of rotatable bonds is 15. The number of halogens is 2. The summed E-state index contributed by atoms with van der Waals surface area (Å²) in [4.78, 5) is 18.3. The van der Waals surface area contributed by atoms with Crippen molar-refractivity contribution in [2.45, 2.75) is 122 Å². The smallest absolute Gasteiger partial charge is 0.410 e. The maximum atomic E-state index is 15.1. The van der Waals surface area contributed by atoms with Crippen LogP contribution in [0.5, 0.6) is 0 Å². The van der Waals surface area contributed by atoms with Crippen molar-refractivity contribution >= 4 is 6.09 Å². The lowest BCUT2D eigenvalue weighted by atomic mass is 9.85. The number of morpholine rings is 1. The van der Waals surface area contributed by atoms with Crippen LogP contribution in [0.15, 0.2) is 109 Å². The quantitative estimate of drug-likeness (QED) is 0.121. The van der Waals surface area contributed by atoms with Crippen LogP contribution in [0.3, 0.4) is 0 Å². The Morgan fingerprint density at radius 2 is 1.36 bits per heavy atom. The predicted octanol–water partition coefficient (Wildman–Crippen LogP) is 11.0. The number of amides is 1. The van der Waals surface area contributed by atoms with E-state index >= 15 is 8.78 Å². The van der Waals surface area contributed by atoms with Gasteiger partial charge in [0.25, 0.3) is 0 Å². The molecule has 8 heteroatoms. The minimum absolute atomic E-state index is 0.101. The Labute approximate surface area is 326 Å². The van der Waals surface area contributed by atoms with Crippen molar-refractivity contribution in [3.05, 3.63) is 143 Å². The molecule has 4 unspecified atom stereocenters. The van der Waals surface area contributed by atoms with E-state index in [-0.39, 0.29) is 24.8 Å². The highest BCUT2D eigenvalue weighted by Crippen LogP contribution is 2.36. The number of nitrogens with zero attached hydrogens (tertiary/aromatic N) is 2. The van der Waals surface area contributed by atoms with Gasteiger partial charge in [0, 0.05) is 25.2 Å². The fourth-order valence-electron chi connectivity index (χ4n) is 8.17. The van der Waals surface area contributed by atoms with Crippen molar-refractivity contribution in [3.8, 4) is 0 Å². The van der Waals surface area contributed by atoms with Gasteiger partial charge in [-0.05, 0) is 80.3 Å². The maximum absolute atomic E-state index is 15.1. The van der Waals surface area contributed by atoms with Crippen LogP contribution >= 0.6 is 0 Å². The molecule has 55 heavy (non-hydrogen) atoms. The van der Waals surface area contributed by atoms with Gasteiger partial charge in [0.05, 0.1) is 38.0 Å². The number of carbonyl (C=O) groups is 1. The van der Waals surface area contributed by atoms with Gasteiger partial charge < -0.3 is 19.1 Å². The zero-order valence-corrected chi connectivity index (χ0v) is 32.8. The zero-order chi connectivity index (χ0) is 38.6. The molecule has 0 bridgehead atoms. The minimum atomic E-state index is -0.776. The Morgan fingerprint density at radius 3 is 1.93 bits per heavy atom. The number of ether oxygens (including phenoxy) is 3. The molecule has 0 radical (unpaired) electrons. The fourth-order valence-corrected chi connectivity index (χ4v) is 8.17. The summed E-state index contributed by atoms with van der Waals surface area (Å²) in [5, 5.41) is 0. The summed E-state index contributed by atoms with van der Waals surface area (Å²) in [7, 11) is 0. The van der Waals surface area contributed by atoms with E-state index in [9.17, 15) is 4.79 Å². The summed E-state index contributed by atoms with van der Waals surface area (Å²) >= 11 is 0. The van der Waals surface area contributed by atoms with E-state index in [1.165, 1.54) is 44.2 Å². The lowest BCUT2D eigenvalue weighted by Gasteiger charge is -2.45. The molecule has 1 saturated heterocycles. The minimum Gasteiger partial charge on any atom is -0.444 e. The highest BCUT2D eigenvalue weighted by Gasteiger charge is 2.40. The standard InChI is InChI=1S/C47H58F2N2O4/c1-47(2,3)55-46(52)51-32-43(25-24-35-16-8-4-9-17-35)53-34-42(51)29-44(50(30-36-18-10-5-11-19-36)31-37-20-12-6-13-21-37)45(39-26-40(48)28-41(49)27-39)54-33-38-22-14-7-15-23-38/h5-7,10-15,18-23,26-28,35,42-45H,4,8-9,16-17,24-25,29-34H2,1-3H3. The van der Waals surface area contributed by atoms with Crippen molar-refractivity contribution in [2.75, 3.05) is 13.2 Å². The molecule has 4 aromatic rings. The molecular weight excluding hydrogens is 695 g/mol. The van der Waals surface area contributed by atoms with Gasteiger partial charge in [-0.3, -0.25) is 4.90 Å². The Balaban J connectivity index is 1.39. The second-order valence-electron chi connectivity index (χ2n) is 16.4. The van der Waals surface area contributed by atoms with Crippen molar-refractivity contribution < 1.29 is 27.8 Å². The molecule has 4 aromatic carbocycles. The van der Waals surface area contributed by atoms with E-state index in [2.05, 4.69) is 29.2 Å². The molecule has 294 valence electrons. The Bertz CT molecular complexity index is 1690. The largest absolute Gasteiger partial charge is 0.444 e. The van der Waals surface area contributed by atoms with Crippen LogP contribution in [0.2, 0.25) is 0 Å². The lowest BCUT2D eigenvalue weighted by molar-refractivity contribution is -0.0934. The zero-order valence-electron chi connectivity index (χ0n) is 32.8. The summed E-state index contributed by atoms with van der Waals surface area (Å²) in [5.74, 6) is -0.637. The molecule has 4 atom stereocenters. The normalized spacial score (nSPS) is 19.3. The van der Waals surface area contributed by atoms with Crippen molar-refractivity contribution in [1.29, 1.82) is 0 Å². The van der Waals surface area contributed by atoms with Crippen LogP contribution in [0.1, 0.15) is 100 Å². The lowest BCUT2D eigenvalue weighted by Crippen LogP contribution is -2.56. The Hall–Kier alpha value is -4.11. The SMILES string of the molecule is CC(C)(C)OC(=O)N1CC(CCC2CCCCC2)OCC1CC(C(OCc1ccccc1)c1cc(F)cc(F)c1)N(Cc1ccccc1)Cc1ccccc1. The van der Waals surface area contributed by atoms with Crippen LogP contribution in [0.25, 0.3) is 0 Å². The van der Waals surface area contributed by atoms with Crippen LogP contribution in [0, 0.1) is 17.6 Å². The first kappa shape index (κ1) is 40.6. The topological polar surface area (TPSA) is 51.2 Å². The van der Waals surface area contributed by atoms with Crippen LogP contribution in [0.4, 0.5) is 13.6 Å². The van der Waals surface area contributed by atoms with E-state index < -0.39 is 29.4 Å². The van der Waals surface area contributed by atoms with Crippen LogP contribution < -0.4 is 0 Å². The molecule has 1 aliphatic heterocycles. The van der Waals surface area contributed by atoms with Crippen molar-refractivity contribution in [3.63, 3.8) is 0 Å². The molecular formula is C47H58F2N2O4. The first-order valence-electron chi connectivity index (χ1n) is 20.1. The highest BCUT2D eigenvalue weighted by molar-refractivity contribution is 5.68. The van der Waals surface area contributed by atoms with E-state index in [1.54, 1.807) is 0 Å². The molecule has 2 aliphatic rings. The van der Waals surface area contributed by atoms with E-state index in [0.717, 1.165) is 35.6 Å². The molecule has 0 spiro atoms. The Kier molecular flexibility index (Phi) is 14.5. The number of benzene rings is 4. The average molecular weight is 753 g/mol. The van der Waals surface area contributed by atoms with Gasteiger partial charge in [-0.15, -0.1) is 0 Å². The molecule has 1 amide bonds. The third-order valence-electron chi connectivity index (χ3n) is 10.9. The highest BCUT2D eigenvalue weighted by atomic mass is 19.1. The molecule has 0 aromatic heterocycles. The molecule has 1 saturated carbocycles. The average Bonchev–Trinajstić information content (AvgIpc) is 3.17. The predicted molar refractivity (Wildman–Crippen MR) is 213 cm³/mol. The Morgan fingerprint density at radius 1 is 0.800 bits per heavy atom. The summed E-state index contributed by atoms with van der Waals surface area (Å²) in [6.45, 7) is 7.69. The van der Waals surface area contributed by atoms with Gasteiger partial charge in [0.2, 0.25) is 0 Å². The molecule has 1 heterocycles. The van der Waals surface area contributed by atoms with Gasteiger partial charge in [0.1, 0.15) is 17.2 Å². The van der Waals surface area contributed by atoms with Crippen LogP contribution in [-0.2, 0) is 33.9 Å². The molecule has 1 aliphatic carbocycles. The number of carbonyl (C=O) groups excluding carboxylic acids is 1. The van der Waals surface area contributed by atoms with Gasteiger partial charge in [-0.25, -0.2) is 13.6 Å². The number of hydrogen-bond acceptors (Lipinski definition) is 5. The first-order chi connectivity index (χ1) is 26.6. The third kappa shape index (κ3) is 12.4. The van der Waals surface area contributed by atoms with Crippen molar-refractivity contribution in [2.24, 2.45) is 5.92 Å². The van der Waals surface area contributed by atoms with E-state index in [0.29, 0.717) is 44.1 Å². The summed E-state index contributed by atoms with van der Waals surface area (Å²) in [6.07, 6.45) is 7.54. The number of hydrogen-bond donors (Lipinski definition) is 0. The second kappa shape index (κ2) is 19.7. The maximum Gasteiger partial charge on any atom is 0.410 e. The van der Waals surface area contributed by atoms with E-state index in [4.69, 9.17) is 14.2 Å². The van der Waals surface area contributed by atoms with Gasteiger partial charge in [-0.2, -0.15) is 0 Å². The monoisotopic (exact) mass is 752 g/mol. The van der Waals surface area contributed by atoms with E-state index in [1.807, 2.05) is 92.4 Å². The summed E-state index contributed by atoms with van der Waals surface area (Å²) < 4.78 is 49.8. The summed E-state index contributed by atoms with van der Waals surface area (Å²) in [5.41, 5.74) is 2.82. The van der Waals surface area contributed by atoms with Crippen molar-refractivity contribution in [1.82, 2.24) is 9.80 Å². The van der Waals surface area contributed by atoms with Gasteiger partial charge in [-0.1, -0.05) is 123 Å². The first-order valence-corrected chi connectivity index (χ1v) is 20.1. The molecule has 6 nitrogen and oxygen atoms in total. The summed E-state index contributed by atoms with van der Waals surface area (Å²) in [6, 6.07) is 33.0. The third-order valence-corrected chi connectivity index (χ3v) is 10.9. The van der Waals surface area contributed by atoms with Crippen LogP contribution in [-0.4, -0.2) is 52.8 Å². The fraction of sp³-hybridized carbons (Fsp3) is 0.468. The molecule has 6 rings (SSSR count).